The summed E-state index contributed by atoms with van der Waals surface area (Å²) in [6.45, 7) is 5.62. The van der Waals surface area contributed by atoms with Crippen molar-refractivity contribution in [1.82, 2.24) is 9.88 Å². The van der Waals surface area contributed by atoms with Crippen LogP contribution in [0.4, 0.5) is 4.79 Å². The first kappa shape index (κ1) is 18.3. The normalized spacial score (nSPS) is 16.0. The van der Waals surface area contributed by atoms with Gasteiger partial charge in [-0.1, -0.05) is 31.4 Å². The number of nitrogens with one attached hydrogen (secondary N) is 1. The van der Waals surface area contributed by atoms with Gasteiger partial charge in [-0.05, 0) is 51.2 Å². The number of hydrogen-bond donors (Lipinski definition) is 3. The molecule has 2 aromatic rings. The third-order valence-electron chi connectivity index (χ3n) is 4.98. The summed E-state index contributed by atoms with van der Waals surface area (Å²) in [5.74, 6) is -0.475. The Balaban J connectivity index is 2.25. The van der Waals surface area contributed by atoms with Crippen LogP contribution >= 0.6 is 0 Å². The highest BCUT2D eigenvalue weighted by atomic mass is 16.3. The molecular weight excluding hydrogens is 330 g/mol. The molecule has 1 aromatic heterocycles. The Morgan fingerprint density at radius 2 is 1.85 bits per heavy atom. The van der Waals surface area contributed by atoms with E-state index in [-0.39, 0.29) is 5.56 Å². The van der Waals surface area contributed by atoms with Crippen molar-refractivity contribution < 1.29 is 14.7 Å². The summed E-state index contributed by atoms with van der Waals surface area (Å²) in [5.41, 5.74) is 6.64. The fourth-order valence-corrected chi connectivity index (χ4v) is 3.95. The number of aromatic nitrogens is 1. The predicted octanol–water partition coefficient (Wildman–Crippen LogP) is 3.85. The monoisotopic (exact) mass is 357 g/mol. The lowest BCUT2D eigenvalue weighted by molar-refractivity contribution is 0.0918. The Kier molecular flexibility index (Phi) is 4.69. The SMILES string of the molecule is CC(C)(C)NC(=O)c1c(O)n(C(N)=O)c2cccc(C3CCCCC3)c12. The molecular formula is C20H27N3O3. The number of nitrogens with two attached hydrogens (primary N) is 1. The Hall–Kier alpha value is -2.50. The Labute approximate surface area is 153 Å². The van der Waals surface area contributed by atoms with Crippen LogP contribution in [-0.4, -0.2) is 27.2 Å². The molecule has 1 aliphatic rings. The molecule has 0 bridgehead atoms. The van der Waals surface area contributed by atoms with E-state index in [1.54, 1.807) is 6.07 Å². The van der Waals surface area contributed by atoms with Crippen molar-refractivity contribution in [3.8, 4) is 5.88 Å². The second-order valence-corrected chi connectivity index (χ2v) is 8.15. The molecule has 0 unspecified atom stereocenters. The van der Waals surface area contributed by atoms with Crippen LogP contribution in [0.15, 0.2) is 18.2 Å². The highest BCUT2D eigenvalue weighted by Crippen LogP contribution is 2.41. The highest BCUT2D eigenvalue weighted by Gasteiger charge is 2.30. The molecule has 2 amide bonds. The zero-order valence-electron chi connectivity index (χ0n) is 15.6. The lowest BCUT2D eigenvalue weighted by Crippen LogP contribution is -2.40. The number of rotatable bonds is 2. The molecule has 1 aliphatic carbocycles. The van der Waals surface area contributed by atoms with E-state index in [9.17, 15) is 14.7 Å². The number of benzene rings is 1. The number of carbonyl (C=O) groups is 2. The third-order valence-corrected chi connectivity index (χ3v) is 4.98. The van der Waals surface area contributed by atoms with Gasteiger partial charge in [0, 0.05) is 10.9 Å². The molecule has 0 aliphatic heterocycles. The Morgan fingerprint density at radius 3 is 2.42 bits per heavy atom. The summed E-state index contributed by atoms with van der Waals surface area (Å²) < 4.78 is 1.03. The second kappa shape index (κ2) is 6.67. The summed E-state index contributed by atoms with van der Waals surface area (Å²) in [7, 11) is 0. The summed E-state index contributed by atoms with van der Waals surface area (Å²) in [6.07, 6.45) is 5.60. The minimum absolute atomic E-state index is 0.134. The Morgan fingerprint density at radius 1 is 1.19 bits per heavy atom. The van der Waals surface area contributed by atoms with E-state index < -0.39 is 23.4 Å². The van der Waals surface area contributed by atoms with Gasteiger partial charge in [-0.25, -0.2) is 9.36 Å². The van der Waals surface area contributed by atoms with Crippen LogP contribution in [0.3, 0.4) is 0 Å². The molecule has 1 aromatic carbocycles. The fourth-order valence-electron chi connectivity index (χ4n) is 3.95. The van der Waals surface area contributed by atoms with Crippen LogP contribution < -0.4 is 11.1 Å². The first-order chi connectivity index (χ1) is 12.2. The van der Waals surface area contributed by atoms with Crippen LogP contribution in [0.5, 0.6) is 5.88 Å². The lowest BCUT2D eigenvalue weighted by Gasteiger charge is -2.24. The maximum atomic E-state index is 12.9. The molecule has 140 valence electrons. The largest absolute Gasteiger partial charge is 0.494 e. The van der Waals surface area contributed by atoms with Crippen LogP contribution in [-0.2, 0) is 0 Å². The van der Waals surface area contributed by atoms with Crippen molar-refractivity contribution in [1.29, 1.82) is 0 Å². The average Bonchev–Trinajstić information content (AvgIpc) is 2.86. The zero-order valence-corrected chi connectivity index (χ0v) is 15.6. The number of primary amides is 1. The van der Waals surface area contributed by atoms with Crippen LogP contribution in [0, 0.1) is 0 Å². The van der Waals surface area contributed by atoms with Crippen molar-refractivity contribution in [3.05, 3.63) is 29.3 Å². The van der Waals surface area contributed by atoms with Gasteiger partial charge in [-0.3, -0.25) is 4.79 Å². The summed E-state index contributed by atoms with van der Waals surface area (Å²) in [4.78, 5) is 24.9. The topological polar surface area (TPSA) is 97.3 Å². The molecule has 26 heavy (non-hydrogen) atoms. The number of hydrogen-bond acceptors (Lipinski definition) is 3. The van der Waals surface area contributed by atoms with E-state index in [0.717, 1.165) is 35.8 Å². The number of carbonyl (C=O) groups excluding carboxylic acids is 2. The quantitative estimate of drug-likeness (QED) is 0.761. The van der Waals surface area contributed by atoms with Gasteiger partial charge in [0.25, 0.3) is 5.91 Å². The smallest absolute Gasteiger partial charge is 0.326 e. The zero-order chi connectivity index (χ0) is 19.1. The van der Waals surface area contributed by atoms with Crippen molar-refractivity contribution >= 4 is 22.8 Å². The van der Waals surface area contributed by atoms with Crippen molar-refractivity contribution in [2.24, 2.45) is 5.73 Å². The molecule has 1 fully saturated rings. The van der Waals surface area contributed by atoms with E-state index in [4.69, 9.17) is 5.73 Å². The van der Waals surface area contributed by atoms with Gasteiger partial charge in [-0.2, -0.15) is 0 Å². The first-order valence-corrected chi connectivity index (χ1v) is 9.19. The molecule has 0 radical (unpaired) electrons. The van der Waals surface area contributed by atoms with Gasteiger partial charge in [0.1, 0.15) is 5.56 Å². The molecule has 1 heterocycles. The summed E-state index contributed by atoms with van der Waals surface area (Å²) in [5, 5.41) is 14.2. The number of nitrogens with zero attached hydrogens (tertiary/aromatic N) is 1. The minimum Gasteiger partial charge on any atom is -0.494 e. The molecule has 6 nitrogen and oxygen atoms in total. The van der Waals surface area contributed by atoms with Crippen molar-refractivity contribution in [3.63, 3.8) is 0 Å². The van der Waals surface area contributed by atoms with Crippen molar-refractivity contribution in [2.45, 2.75) is 64.3 Å². The van der Waals surface area contributed by atoms with Crippen LogP contribution in [0.2, 0.25) is 0 Å². The third kappa shape index (κ3) is 3.28. The van der Waals surface area contributed by atoms with Gasteiger partial charge in [-0.15, -0.1) is 0 Å². The summed E-state index contributed by atoms with van der Waals surface area (Å²) in [6, 6.07) is 4.77. The number of amides is 2. The molecule has 3 rings (SSSR count). The van der Waals surface area contributed by atoms with E-state index in [0.29, 0.717) is 16.8 Å². The van der Waals surface area contributed by atoms with Gasteiger partial charge in [0.05, 0.1) is 5.52 Å². The molecule has 0 atom stereocenters. The standard InChI is InChI=1S/C20H27N3O3/c1-20(2,3)22-17(24)16-15-13(12-8-5-4-6-9-12)10-7-11-14(15)23(18(16)25)19(21)26/h7,10-12,25H,4-6,8-9H2,1-3H3,(H2,21,26)(H,22,24). The number of fused-ring (bicyclic) bond motifs is 1. The molecule has 4 N–H and O–H groups in total. The maximum absolute atomic E-state index is 12.9. The second-order valence-electron chi connectivity index (χ2n) is 8.15. The van der Waals surface area contributed by atoms with E-state index in [1.807, 2.05) is 32.9 Å². The predicted molar refractivity (Wildman–Crippen MR) is 102 cm³/mol. The van der Waals surface area contributed by atoms with E-state index in [2.05, 4.69) is 5.32 Å². The van der Waals surface area contributed by atoms with Crippen LogP contribution in [0.1, 0.15) is 74.7 Å². The molecule has 0 saturated heterocycles. The minimum atomic E-state index is -0.803. The van der Waals surface area contributed by atoms with E-state index >= 15 is 0 Å². The number of aromatic hydroxyl groups is 1. The molecule has 6 heteroatoms. The maximum Gasteiger partial charge on any atom is 0.326 e. The lowest BCUT2D eigenvalue weighted by atomic mass is 9.82. The molecule has 0 spiro atoms. The van der Waals surface area contributed by atoms with Crippen LogP contribution in [0.25, 0.3) is 10.9 Å². The first-order valence-electron chi connectivity index (χ1n) is 9.19. The fraction of sp³-hybridized carbons (Fsp3) is 0.500. The van der Waals surface area contributed by atoms with Crippen molar-refractivity contribution in [2.75, 3.05) is 0 Å². The van der Waals surface area contributed by atoms with E-state index in [1.165, 1.54) is 6.42 Å². The van der Waals surface area contributed by atoms with Gasteiger partial charge >= 0.3 is 6.03 Å². The highest BCUT2D eigenvalue weighted by molar-refractivity contribution is 6.13. The average molecular weight is 357 g/mol. The summed E-state index contributed by atoms with van der Waals surface area (Å²) >= 11 is 0. The molecule has 1 saturated carbocycles. The van der Waals surface area contributed by atoms with Gasteiger partial charge in [0.2, 0.25) is 5.88 Å². The Bertz CT molecular complexity index is 855. The van der Waals surface area contributed by atoms with Gasteiger partial charge in [0.15, 0.2) is 0 Å². The van der Waals surface area contributed by atoms with Gasteiger partial charge < -0.3 is 16.2 Å².